The van der Waals surface area contributed by atoms with E-state index in [0.29, 0.717) is 6.07 Å². The number of nitrogens with zero attached hydrogens (tertiary/aromatic N) is 1. The Hall–Kier alpha value is -3.04. The van der Waals surface area contributed by atoms with Crippen molar-refractivity contribution in [1.82, 2.24) is 4.57 Å². The maximum Gasteiger partial charge on any atom is 0.418 e. The molecule has 3 aromatic rings. The lowest BCUT2D eigenvalue weighted by Crippen LogP contribution is -2.19. The van der Waals surface area contributed by atoms with Crippen molar-refractivity contribution in [3.8, 4) is 0 Å². The van der Waals surface area contributed by atoms with Gasteiger partial charge in [0.15, 0.2) is 0 Å². The lowest BCUT2D eigenvalue weighted by molar-refractivity contribution is -0.136. The molecule has 3 rings (SSSR count). The number of hydrogen-bond donors (Lipinski definition) is 2. The highest BCUT2D eigenvalue weighted by Gasteiger charge is 2.34. The molecule has 0 saturated carbocycles. The van der Waals surface area contributed by atoms with E-state index in [1.807, 2.05) is 0 Å². The van der Waals surface area contributed by atoms with E-state index >= 15 is 0 Å². The Balaban J connectivity index is 1.88. The van der Waals surface area contributed by atoms with Crippen molar-refractivity contribution in [3.05, 3.63) is 81.3 Å². The van der Waals surface area contributed by atoms with Crippen molar-refractivity contribution in [3.63, 3.8) is 0 Å². The Bertz CT molecular complexity index is 1160. The smallest absolute Gasteiger partial charge is 0.329 e. The van der Waals surface area contributed by atoms with Gasteiger partial charge in [0, 0.05) is 18.3 Å². The number of carbonyl (C=O) groups excluding carboxylic acids is 2. The highest BCUT2D eigenvalue weighted by molar-refractivity contribution is 6.42. The Morgan fingerprint density at radius 3 is 2.13 bits per heavy atom. The largest absolute Gasteiger partial charge is 0.418 e. The highest BCUT2D eigenvalue weighted by Crippen LogP contribution is 2.37. The molecule has 11 heteroatoms. The summed E-state index contributed by atoms with van der Waals surface area (Å²) in [5.41, 5.74) is -1.85. The molecule has 162 valence electrons. The maximum atomic E-state index is 13.6. The normalized spacial score (nSPS) is 11.3. The molecule has 0 radical (unpaired) electrons. The van der Waals surface area contributed by atoms with Crippen LogP contribution in [0.3, 0.4) is 0 Å². The zero-order valence-corrected chi connectivity index (χ0v) is 17.2. The van der Waals surface area contributed by atoms with E-state index in [2.05, 4.69) is 10.6 Å². The van der Waals surface area contributed by atoms with E-state index in [9.17, 15) is 27.2 Å². The van der Waals surface area contributed by atoms with Crippen LogP contribution >= 0.6 is 23.2 Å². The molecule has 0 saturated heterocycles. The van der Waals surface area contributed by atoms with Gasteiger partial charge in [0.25, 0.3) is 11.8 Å². The SMILES string of the molecule is Cn1c(C(=O)Nc2ccc(NC(=O)c3ccc(F)cc3)cc2C(F)(F)F)cc(Cl)c1Cl. The van der Waals surface area contributed by atoms with Gasteiger partial charge in [-0.15, -0.1) is 0 Å². The number of aromatic nitrogens is 1. The molecular formula is C20H13Cl2F4N3O2. The van der Waals surface area contributed by atoms with Gasteiger partial charge in [-0.1, -0.05) is 23.2 Å². The average Bonchev–Trinajstić information content (AvgIpc) is 2.96. The molecule has 2 amide bonds. The van der Waals surface area contributed by atoms with Crippen molar-refractivity contribution in [1.29, 1.82) is 0 Å². The summed E-state index contributed by atoms with van der Waals surface area (Å²) < 4.78 is 54.9. The number of amides is 2. The fraction of sp³-hybridized carbons (Fsp3) is 0.100. The predicted molar refractivity (Wildman–Crippen MR) is 109 cm³/mol. The Kier molecular flexibility index (Phi) is 6.28. The van der Waals surface area contributed by atoms with Gasteiger partial charge in [-0.05, 0) is 48.5 Å². The summed E-state index contributed by atoms with van der Waals surface area (Å²) in [4.78, 5) is 24.6. The van der Waals surface area contributed by atoms with Crippen LogP contribution in [-0.2, 0) is 13.2 Å². The lowest BCUT2D eigenvalue weighted by atomic mass is 10.1. The molecule has 2 N–H and O–H groups in total. The highest BCUT2D eigenvalue weighted by atomic mass is 35.5. The van der Waals surface area contributed by atoms with Gasteiger partial charge in [0.05, 0.1) is 16.3 Å². The monoisotopic (exact) mass is 473 g/mol. The van der Waals surface area contributed by atoms with Crippen molar-refractivity contribution in [2.45, 2.75) is 6.18 Å². The Morgan fingerprint density at radius 2 is 1.58 bits per heavy atom. The third-order valence-electron chi connectivity index (χ3n) is 4.29. The van der Waals surface area contributed by atoms with E-state index in [0.717, 1.165) is 18.2 Å². The molecule has 0 aliphatic rings. The number of carbonyl (C=O) groups is 2. The molecule has 31 heavy (non-hydrogen) atoms. The zero-order chi connectivity index (χ0) is 22.9. The molecule has 5 nitrogen and oxygen atoms in total. The maximum absolute atomic E-state index is 13.6. The second-order valence-electron chi connectivity index (χ2n) is 6.40. The van der Waals surface area contributed by atoms with Crippen LogP contribution < -0.4 is 10.6 Å². The van der Waals surface area contributed by atoms with Crippen LogP contribution in [0.1, 0.15) is 26.4 Å². The van der Waals surface area contributed by atoms with Crippen molar-refractivity contribution >= 4 is 46.4 Å². The molecule has 1 aromatic heterocycles. The minimum absolute atomic E-state index is 0.0446. The molecule has 1 heterocycles. The summed E-state index contributed by atoms with van der Waals surface area (Å²) in [7, 11) is 1.43. The minimum atomic E-state index is -4.83. The second kappa shape index (κ2) is 8.60. The van der Waals surface area contributed by atoms with Crippen LogP contribution in [0.2, 0.25) is 10.2 Å². The van der Waals surface area contributed by atoms with Gasteiger partial charge in [-0.2, -0.15) is 13.2 Å². The lowest BCUT2D eigenvalue weighted by Gasteiger charge is -2.16. The van der Waals surface area contributed by atoms with E-state index in [4.69, 9.17) is 23.2 Å². The molecule has 0 spiro atoms. The molecule has 0 aliphatic heterocycles. The van der Waals surface area contributed by atoms with Crippen molar-refractivity contribution < 1.29 is 27.2 Å². The Labute approximate surface area is 183 Å². The van der Waals surface area contributed by atoms with Gasteiger partial charge in [0.1, 0.15) is 16.7 Å². The molecule has 0 bridgehead atoms. The van der Waals surface area contributed by atoms with Crippen molar-refractivity contribution in [2.24, 2.45) is 7.05 Å². The number of hydrogen-bond acceptors (Lipinski definition) is 2. The van der Waals surface area contributed by atoms with E-state index in [1.165, 1.54) is 35.9 Å². The molecule has 0 unspecified atom stereocenters. The topological polar surface area (TPSA) is 63.1 Å². The first kappa shape index (κ1) is 22.6. The summed E-state index contributed by atoms with van der Waals surface area (Å²) in [6.07, 6.45) is -4.83. The fourth-order valence-electron chi connectivity index (χ4n) is 2.72. The number of halogens is 6. The second-order valence-corrected chi connectivity index (χ2v) is 7.17. The number of nitrogens with one attached hydrogen (secondary N) is 2. The number of rotatable bonds is 4. The quantitative estimate of drug-likeness (QED) is 0.456. The summed E-state index contributed by atoms with van der Waals surface area (Å²) in [5.74, 6) is -2.14. The summed E-state index contributed by atoms with van der Waals surface area (Å²) in [6.45, 7) is 0. The molecule has 0 aliphatic carbocycles. The van der Waals surface area contributed by atoms with Gasteiger partial charge >= 0.3 is 6.18 Å². The summed E-state index contributed by atoms with van der Waals surface area (Å²) in [5, 5.41) is 4.62. The van der Waals surface area contributed by atoms with Crippen molar-refractivity contribution in [2.75, 3.05) is 10.6 Å². The number of alkyl halides is 3. The number of benzene rings is 2. The van der Waals surface area contributed by atoms with Gasteiger partial charge in [-0.3, -0.25) is 9.59 Å². The van der Waals surface area contributed by atoms with Crippen LogP contribution in [0, 0.1) is 5.82 Å². The standard InChI is InChI=1S/C20H13Cl2F4N3O2/c1-29-16(9-14(21)17(29)22)19(31)28-15-7-6-12(8-13(15)20(24,25)26)27-18(30)10-2-4-11(23)5-3-10/h2-9H,1H3,(H,27,30)(H,28,31). The summed E-state index contributed by atoms with van der Waals surface area (Å²) in [6, 6.07) is 8.60. The van der Waals surface area contributed by atoms with Gasteiger partial charge in [-0.25, -0.2) is 4.39 Å². The average molecular weight is 474 g/mol. The minimum Gasteiger partial charge on any atom is -0.329 e. The van der Waals surface area contributed by atoms with Crippen LogP contribution in [0.25, 0.3) is 0 Å². The summed E-state index contributed by atoms with van der Waals surface area (Å²) >= 11 is 11.7. The van der Waals surface area contributed by atoms with Gasteiger partial charge in [0.2, 0.25) is 0 Å². The van der Waals surface area contributed by atoms with Crippen LogP contribution in [0.5, 0.6) is 0 Å². The van der Waals surface area contributed by atoms with E-state index < -0.39 is 35.1 Å². The third-order valence-corrected chi connectivity index (χ3v) is 5.13. The zero-order valence-electron chi connectivity index (χ0n) is 15.7. The van der Waals surface area contributed by atoms with Crippen LogP contribution in [0.4, 0.5) is 28.9 Å². The molecule has 0 atom stereocenters. The Morgan fingerprint density at radius 1 is 0.935 bits per heavy atom. The predicted octanol–water partition coefficient (Wildman–Crippen LogP) is 5.99. The van der Waals surface area contributed by atoms with Gasteiger partial charge < -0.3 is 15.2 Å². The van der Waals surface area contributed by atoms with E-state index in [1.54, 1.807) is 0 Å². The number of anilines is 2. The molecule has 0 fully saturated rings. The first-order chi connectivity index (χ1) is 14.5. The van der Waals surface area contributed by atoms with E-state index in [-0.39, 0.29) is 27.1 Å². The third kappa shape index (κ3) is 5.00. The fourth-order valence-corrected chi connectivity index (χ4v) is 3.09. The molecular weight excluding hydrogens is 461 g/mol. The van der Waals surface area contributed by atoms with Crippen LogP contribution in [0.15, 0.2) is 48.5 Å². The first-order valence-electron chi connectivity index (χ1n) is 8.57. The van der Waals surface area contributed by atoms with Crippen LogP contribution in [-0.4, -0.2) is 16.4 Å². The molecule has 2 aromatic carbocycles. The first-order valence-corrected chi connectivity index (χ1v) is 9.33.